The molecule has 8 nitrogen and oxygen atoms in total. The van der Waals surface area contributed by atoms with Crippen LogP contribution in [0.15, 0.2) is 24.3 Å². The Hall–Kier alpha value is -1.47. The third-order valence-electron chi connectivity index (χ3n) is 8.19. The largest absolute Gasteiger partial charge is 0.469 e. The first-order valence-electron chi connectivity index (χ1n) is 19.1. The highest BCUT2D eigenvalue weighted by Crippen LogP contribution is 2.36. The topological polar surface area (TPSA) is 119 Å². The van der Waals surface area contributed by atoms with E-state index in [-0.39, 0.29) is 19.4 Å². The van der Waals surface area contributed by atoms with Crippen molar-refractivity contribution in [1.82, 2.24) is 0 Å². The Kier molecular flexibility index (Phi) is 33.3. The summed E-state index contributed by atoms with van der Waals surface area (Å²) >= 11 is 0. The molecule has 1 atom stereocenters. The van der Waals surface area contributed by atoms with Gasteiger partial charge in [-0.25, -0.2) is 4.57 Å². The summed E-state index contributed by atoms with van der Waals surface area (Å²) in [6.07, 6.45) is 37.5. The fraction of sp³-hybridized carbons (Fsp3) is 0.842. The number of esters is 2. The summed E-state index contributed by atoms with van der Waals surface area (Å²) in [5.41, 5.74) is 0. The van der Waals surface area contributed by atoms with Crippen LogP contribution in [-0.4, -0.2) is 41.0 Å². The summed E-state index contributed by atoms with van der Waals surface area (Å²) in [7, 11) is -4.75. The molecule has 0 bridgehead atoms. The number of hydrogen-bond acceptors (Lipinski definition) is 6. The van der Waals surface area contributed by atoms with Gasteiger partial charge in [0.15, 0.2) is 6.10 Å². The van der Waals surface area contributed by atoms with E-state index in [1.165, 1.54) is 83.5 Å². The molecule has 2 N–H and O–H groups in total. The monoisotopic (exact) mass is 686 g/mol. The average molecular weight is 687 g/mol. The molecule has 0 aliphatic heterocycles. The summed E-state index contributed by atoms with van der Waals surface area (Å²) in [5, 5.41) is 0. The molecular formula is C38H71O8P. The van der Waals surface area contributed by atoms with Crippen LogP contribution < -0.4 is 0 Å². The fourth-order valence-corrected chi connectivity index (χ4v) is 5.66. The highest BCUT2D eigenvalue weighted by molar-refractivity contribution is 7.46. The number of carbonyl (C=O) groups excluding carboxylic acids is 2. The van der Waals surface area contributed by atoms with Crippen LogP contribution in [0.1, 0.15) is 187 Å². The molecule has 0 aromatic carbocycles. The van der Waals surface area contributed by atoms with Crippen molar-refractivity contribution in [2.24, 2.45) is 0 Å². The fourth-order valence-electron chi connectivity index (χ4n) is 5.30. The van der Waals surface area contributed by atoms with Crippen molar-refractivity contribution in [1.29, 1.82) is 0 Å². The van der Waals surface area contributed by atoms with Gasteiger partial charge in [0.25, 0.3) is 0 Å². The van der Waals surface area contributed by atoms with Crippen LogP contribution in [0.25, 0.3) is 0 Å². The van der Waals surface area contributed by atoms with E-state index in [0.717, 1.165) is 64.2 Å². The molecule has 0 rings (SSSR count). The van der Waals surface area contributed by atoms with Crippen molar-refractivity contribution >= 4 is 19.8 Å². The lowest BCUT2D eigenvalue weighted by atomic mass is 10.1. The number of hydrogen-bond donors (Lipinski definition) is 2. The lowest BCUT2D eigenvalue weighted by Gasteiger charge is -2.18. The summed E-state index contributed by atoms with van der Waals surface area (Å²) in [6.45, 7) is 3.65. The zero-order valence-corrected chi connectivity index (χ0v) is 31.1. The van der Waals surface area contributed by atoms with Crippen molar-refractivity contribution in [2.45, 2.75) is 193 Å². The molecule has 0 fully saturated rings. The van der Waals surface area contributed by atoms with Gasteiger partial charge in [-0.05, 0) is 64.2 Å². The van der Waals surface area contributed by atoms with Gasteiger partial charge >= 0.3 is 19.8 Å². The predicted octanol–water partition coefficient (Wildman–Crippen LogP) is 11.2. The Bertz CT molecular complexity index is 823. The summed E-state index contributed by atoms with van der Waals surface area (Å²) < 4.78 is 26.3. The summed E-state index contributed by atoms with van der Waals surface area (Å²) in [6, 6.07) is 0. The molecule has 9 heteroatoms. The van der Waals surface area contributed by atoms with E-state index in [1.807, 2.05) is 0 Å². The van der Waals surface area contributed by atoms with Crippen LogP contribution in [0.2, 0.25) is 0 Å². The second-order valence-corrected chi connectivity index (χ2v) is 14.1. The maximum Gasteiger partial charge on any atom is 0.469 e. The number of phosphoric acid groups is 1. The Morgan fingerprint density at radius 3 is 1.32 bits per heavy atom. The SMILES string of the molecule is CCCCCC/C=C\CCCCCCCC(=O)OC[C@H](COP(=O)(O)O)OC(=O)CCCCCCC/C=C\CCCCCCCCC. The van der Waals surface area contributed by atoms with Gasteiger partial charge in [0.05, 0.1) is 6.61 Å². The van der Waals surface area contributed by atoms with Crippen molar-refractivity contribution in [3.63, 3.8) is 0 Å². The molecule has 0 aromatic rings. The minimum Gasteiger partial charge on any atom is -0.462 e. The minimum absolute atomic E-state index is 0.202. The molecule has 0 aliphatic rings. The third-order valence-corrected chi connectivity index (χ3v) is 8.68. The summed E-state index contributed by atoms with van der Waals surface area (Å²) in [4.78, 5) is 42.7. The van der Waals surface area contributed by atoms with Crippen LogP contribution in [0, 0.1) is 0 Å². The summed E-state index contributed by atoms with van der Waals surface area (Å²) in [5.74, 6) is -0.902. The quantitative estimate of drug-likeness (QED) is 0.0292. The number of unbranched alkanes of at least 4 members (excludes halogenated alkanes) is 21. The molecule has 0 heterocycles. The molecule has 0 radical (unpaired) electrons. The molecule has 276 valence electrons. The average Bonchev–Trinajstić information content (AvgIpc) is 3.03. The van der Waals surface area contributed by atoms with Crippen LogP contribution >= 0.6 is 7.82 Å². The van der Waals surface area contributed by atoms with Crippen molar-refractivity contribution in [3.8, 4) is 0 Å². The molecular weight excluding hydrogens is 615 g/mol. The number of carbonyl (C=O) groups is 2. The molecule has 0 spiro atoms. The van der Waals surface area contributed by atoms with Gasteiger partial charge in [-0.1, -0.05) is 134 Å². The van der Waals surface area contributed by atoms with Crippen LogP contribution in [0.3, 0.4) is 0 Å². The number of ether oxygens (including phenoxy) is 2. The molecule has 0 saturated carbocycles. The minimum atomic E-state index is -4.75. The first kappa shape index (κ1) is 45.5. The van der Waals surface area contributed by atoms with Crippen LogP contribution in [-0.2, 0) is 28.2 Å². The van der Waals surface area contributed by atoms with Gasteiger partial charge in [-0.2, -0.15) is 0 Å². The van der Waals surface area contributed by atoms with Crippen molar-refractivity contribution in [3.05, 3.63) is 24.3 Å². The second kappa shape index (κ2) is 34.4. The van der Waals surface area contributed by atoms with Gasteiger partial charge in [0.2, 0.25) is 0 Å². The Labute approximate surface area is 288 Å². The van der Waals surface area contributed by atoms with Gasteiger partial charge in [0.1, 0.15) is 6.61 Å². The number of phosphoric ester groups is 1. The number of rotatable bonds is 35. The van der Waals surface area contributed by atoms with E-state index in [9.17, 15) is 14.2 Å². The Morgan fingerprint density at radius 1 is 0.532 bits per heavy atom. The van der Waals surface area contributed by atoms with Crippen LogP contribution in [0.4, 0.5) is 0 Å². The van der Waals surface area contributed by atoms with Gasteiger partial charge < -0.3 is 19.3 Å². The van der Waals surface area contributed by atoms with Gasteiger partial charge in [-0.15, -0.1) is 0 Å². The van der Waals surface area contributed by atoms with E-state index in [0.29, 0.717) is 12.8 Å². The van der Waals surface area contributed by atoms with Gasteiger partial charge in [0, 0.05) is 12.8 Å². The standard InChI is InChI=1S/C38H71O8P/c1-3-5-7-9-11-13-15-17-18-19-21-23-25-27-29-31-33-38(40)46-36(35-45-47(41,42)43)34-44-37(39)32-30-28-26-24-22-20-16-14-12-10-8-6-4-2/h14,16,18-19,36H,3-13,15,17,20-35H2,1-2H3,(H2,41,42,43)/b16-14-,19-18-/t36-/m1/s1. The maximum absolute atomic E-state index is 12.4. The number of allylic oxidation sites excluding steroid dienone is 4. The molecule has 0 saturated heterocycles. The van der Waals surface area contributed by atoms with E-state index in [4.69, 9.17) is 19.3 Å². The molecule has 47 heavy (non-hydrogen) atoms. The highest BCUT2D eigenvalue weighted by Gasteiger charge is 2.22. The van der Waals surface area contributed by atoms with E-state index in [2.05, 4.69) is 42.7 Å². The predicted molar refractivity (Wildman–Crippen MR) is 193 cm³/mol. The molecule has 0 aromatic heterocycles. The third kappa shape index (κ3) is 37.2. The molecule has 0 unspecified atom stereocenters. The van der Waals surface area contributed by atoms with Crippen LogP contribution in [0.5, 0.6) is 0 Å². The Morgan fingerprint density at radius 2 is 0.894 bits per heavy atom. The van der Waals surface area contributed by atoms with Crippen molar-refractivity contribution < 1.29 is 37.9 Å². The van der Waals surface area contributed by atoms with E-state index < -0.39 is 32.5 Å². The molecule has 0 aliphatic carbocycles. The lowest BCUT2D eigenvalue weighted by molar-refractivity contribution is -0.161. The zero-order chi connectivity index (χ0) is 34.7. The first-order valence-corrected chi connectivity index (χ1v) is 20.7. The maximum atomic E-state index is 12.4. The molecule has 0 amide bonds. The second-order valence-electron chi connectivity index (χ2n) is 12.9. The normalized spacial score (nSPS) is 12.7. The van der Waals surface area contributed by atoms with Gasteiger partial charge in [-0.3, -0.25) is 14.1 Å². The first-order chi connectivity index (χ1) is 22.8. The highest BCUT2D eigenvalue weighted by atomic mass is 31.2. The van der Waals surface area contributed by atoms with E-state index >= 15 is 0 Å². The smallest absolute Gasteiger partial charge is 0.462 e. The van der Waals surface area contributed by atoms with E-state index in [1.54, 1.807) is 0 Å². The zero-order valence-electron chi connectivity index (χ0n) is 30.2. The van der Waals surface area contributed by atoms with Crippen molar-refractivity contribution in [2.75, 3.05) is 13.2 Å². The lowest BCUT2D eigenvalue weighted by Crippen LogP contribution is -2.29. The Balaban J connectivity index is 3.98.